The number of hydroxylamine groups is 1. The molecule has 4 N–H and O–H groups in total. The zero-order chi connectivity index (χ0) is 14.7. The molecule has 6 heteroatoms. The molecule has 0 saturated heterocycles. The largest absolute Gasteiger partial charge is 0.624 e. The van der Waals surface area contributed by atoms with Crippen LogP contribution in [0.3, 0.4) is 0 Å². The van der Waals surface area contributed by atoms with E-state index < -0.39 is 0 Å². The highest BCUT2D eigenvalue weighted by Gasteiger charge is 2.08. The molecule has 104 valence electrons. The molecule has 0 amide bonds. The Labute approximate surface area is 114 Å². The van der Waals surface area contributed by atoms with Gasteiger partial charge in [0.2, 0.25) is 0 Å². The molecular formula is C14H13NO5. The molecule has 0 aromatic heterocycles. The van der Waals surface area contributed by atoms with Gasteiger partial charge in [-0.2, -0.15) is 0 Å². The second kappa shape index (κ2) is 5.40. The van der Waals surface area contributed by atoms with Crippen LogP contribution < -0.4 is 0 Å². The topological polar surface area (TPSA) is 107 Å². The molecular weight excluding hydrogens is 262 g/mol. The lowest BCUT2D eigenvalue weighted by atomic mass is 10.2. The Bertz CT molecular complexity index is 667. The van der Waals surface area contributed by atoms with Gasteiger partial charge in [-0.15, -0.1) is 0 Å². The van der Waals surface area contributed by atoms with Crippen molar-refractivity contribution in [1.29, 1.82) is 0 Å². The lowest BCUT2D eigenvalue weighted by molar-refractivity contribution is -0.469. The van der Waals surface area contributed by atoms with Crippen molar-refractivity contribution in [1.82, 2.24) is 0 Å². The predicted molar refractivity (Wildman–Crippen MR) is 72.0 cm³/mol. The van der Waals surface area contributed by atoms with E-state index in [2.05, 4.69) is 0 Å². The maximum absolute atomic E-state index is 11.8. The third-order valence-corrected chi connectivity index (χ3v) is 2.69. The summed E-state index contributed by atoms with van der Waals surface area (Å²) >= 11 is 0. The third-order valence-electron chi connectivity index (χ3n) is 2.69. The van der Waals surface area contributed by atoms with Gasteiger partial charge in [0, 0.05) is 12.1 Å². The van der Waals surface area contributed by atoms with Crippen LogP contribution in [0.2, 0.25) is 0 Å². The fourth-order valence-corrected chi connectivity index (χ4v) is 1.70. The zero-order valence-corrected chi connectivity index (χ0v) is 10.4. The average Bonchev–Trinajstić information content (AvgIpc) is 2.36. The first kappa shape index (κ1) is 13.5. The number of benzene rings is 2. The number of nitrogens with zero attached hydrogens (tertiary/aromatic N) is 1. The van der Waals surface area contributed by atoms with Crippen LogP contribution in [0.1, 0.15) is 11.1 Å². The second-order valence-electron chi connectivity index (χ2n) is 4.26. The van der Waals surface area contributed by atoms with Crippen LogP contribution in [0, 0.1) is 5.21 Å². The van der Waals surface area contributed by atoms with E-state index >= 15 is 0 Å². The number of rotatable bonds is 3. The van der Waals surface area contributed by atoms with Crippen molar-refractivity contribution in [3.8, 4) is 23.0 Å². The van der Waals surface area contributed by atoms with Crippen LogP contribution in [0.25, 0.3) is 0 Å². The van der Waals surface area contributed by atoms with Crippen molar-refractivity contribution in [2.45, 2.75) is 6.54 Å². The molecule has 0 heterocycles. The van der Waals surface area contributed by atoms with E-state index in [0.29, 0.717) is 10.3 Å². The molecule has 2 aromatic carbocycles. The molecule has 0 saturated carbocycles. The minimum absolute atomic E-state index is 0.0937. The fourth-order valence-electron chi connectivity index (χ4n) is 1.70. The smallest absolute Gasteiger partial charge is 0.185 e. The van der Waals surface area contributed by atoms with Gasteiger partial charge < -0.3 is 25.6 Å². The number of hydrogen-bond donors (Lipinski definition) is 4. The molecule has 0 spiro atoms. The minimum atomic E-state index is -0.222. The highest BCUT2D eigenvalue weighted by Crippen LogP contribution is 2.24. The van der Waals surface area contributed by atoms with Gasteiger partial charge >= 0.3 is 0 Å². The summed E-state index contributed by atoms with van der Waals surface area (Å²) in [7, 11) is 0. The van der Waals surface area contributed by atoms with Gasteiger partial charge in [0.05, 0.1) is 11.1 Å². The molecule has 6 nitrogen and oxygen atoms in total. The highest BCUT2D eigenvalue weighted by molar-refractivity contribution is 5.80. The fraction of sp³-hybridized carbons (Fsp3) is 0.0714. The van der Waals surface area contributed by atoms with Crippen molar-refractivity contribution in [2.24, 2.45) is 0 Å². The Balaban J connectivity index is 2.22. The van der Waals surface area contributed by atoms with Crippen LogP contribution in [0.4, 0.5) is 0 Å². The van der Waals surface area contributed by atoms with Crippen LogP contribution in [0.15, 0.2) is 36.4 Å². The standard InChI is InChI=1S/C14H13NO5/c16-11-3-1-9(13(18)5-11)7-15(20)8-10-2-4-12(17)6-14(10)19/h1-7,16-19H,8H2/b15-7+. The first-order valence-corrected chi connectivity index (χ1v) is 5.77. The van der Waals surface area contributed by atoms with E-state index in [-0.39, 0.29) is 35.1 Å². The molecule has 20 heavy (non-hydrogen) atoms. The molecule has 0 fully saturated rings. The number of aromatic hydroxyl groups is 4. The summed E-state index contributed by atoms with van der Waals surface area (Å²) in [6.45, 7) is -0.146. The van der Waals surface area contributed by atoms with Crippen LogP contribution in [-0.4, -0.2) is 31.4 Å². The molecule has 0 atom stereocenters. The van der Waals surface area contributed by atoms with Crippen molar-refractivity contribution in [2.75, 3.05) is 0 Å². The Hall–Kier alpha value is -2.89. The van der Waals surface area contributed by atoms with E-state index in [9.17, 15) is 15.4 Å². The summed E-state index contributed by atoms with van der Waals surface area (Å²) in [4.78, 5) is 0. The van der Waals surface area contributed by atoms with Gasteiger partial charge in [-0.1, -0.05) is 0 Å². The number of phenolic OH excluding ortho intramolecular Hbond substituents is 4. The third kappa shape index (κ3) is 3.11. The predicted octanol–water partition coefficient (Wildman–Crippen LogP) is 1.64. The Morgan fingerprint density at radius 2 is 1.50 bits per heavy atom. The van der Waals surface area contributed by atoms with E-state index in [1.807, 2.05) is 0 Å². The molecule has 0 aliphatic rings. The van der Waals surface area contributed by atoms with E-state index in [4.69, 9.17) is 10.2 Å². The molecule has 2 aromatic rings. The zero-order valence-electron chi connectivity index (χ0n) is 10.4. The van der Waals surface area contributed by atoms with Crippen LogP contribution in [-0.2, 0) is 6.54 Å². The summed E-state index contributed by atoms with van der Waals surface area (Å²) in [6.07, 6.45) is 1.14. The molecule has 0 radical (unpaired) electrons. The summed E-state index contributed by atoms with van der Waals surface area (Å²) in [5.41, 5.74) is 0.586. The summed E-state index contributed by atoms with van der Waals surface area (Å²) in [6, 6.07) is 7.80. The Morgan fingerprint density at radius 1 is 0.900 bits per heavy atom. The average molecular weight is 275 g/mol. The quantitative estimate of drug-likeness (QED) is 0.295. The van der Waals surface area contributed by atoms with Gasteiger partial charge in [-0.3, -0.25) is 0 Å². The Kier molecular flexibility index (Phi) is 3.65. The van der Waals surface area contributed by atoms with Crippen molar-refractivity contribution in [3.63, 3.8) is 0 Å². The van der Waals surface area contributed by atoms with Gasteiger partial charge in [0.25, 0.3) is 0 Å². The van der Waals surface area contributed by atoms with Gasteiger partial charge in [0.15, 0.2) is 12.8 Å². The van der Waals surface area contributed by atoms with Gasteiger partial charge in [-0.25, -0.2) is 4.74 Å². The number of hydrogen-bond acceptors (Lipinski definition) is 5. The normalized spacial score (nSPS) is 11.5. The minimum Gasteiger partial charge on any atom is -0.624 e. The van der Waals surface area contributed by atoms with E-state index in [1.54, 1.807) is 0 Å². The van der Waals surface area contributed by atoms with E-state index in [1.165, 1.54) is 24.3 Å². The summed E-state index contributed by atoms with van der Waals surface area (Å²) in [5.74, 6) is -0.605. The molecule has 2 rings (SSSR count). The van der Waals surface area contributed by atoms with Crippen molar-refractivity contribution < 1.29 is 25.2 Å². The van der Waals surface area contributed by atoms with Gasteiger partial charge in [0.1, 0.15) is 23.0 Å². The number of phenols is 4. The SMILES string of the molecule is [O-]/[N+](=C/c1ccc(O)cc1O)Cc1ccc(O)cc1O. The first-order chi connectivity index (χ1) is 9.45. The second-order valence-corrected chi connectivity index (χ2v) is 4.26. The lowest BCUT2D eigenvalue weighted by Gasteiger charge is -2.07. The monoisotopic (exact) mass is 275 g/mol. The van der Waals surface area contributed by atoms with Crippen LogP contribution >= 0.6 is 0 Å². The maximum atomic E-state index is 11.8. The molecule has 0 bridgehead atoms. The maximum Gasteiger partial charge on any atom is 0.185 e. The van der Waals surface area contributed by atoms with Crippen LogP contribution in [0.5, 0.6) is 23.0 Å². The van der Waals surface area contributed by atoms with Crippen molar-refractivity contribution in [3.05, 3.63) is 52.7 Å². The van der Waals surface area contributed by atoms with E-state index in [0.717, 1.165) is 18.3 Å². The van der Waals surface area contributed by atoms with Crippen molar-refractivity contribution >= 4 is 6.21 Å². The summed E-state index contributed by atoms with van der Waals surface area (Å²) in [5, 5.41) is 49.2. The summed E-state index contributed by atoms with van der Waals surface area (Å²) < 4.78 is 0.526. The van der Waals surface area contributed by atoms with Gasteiger partial charge in [-0.05, 0) is 24.3 Å². The molecule has 0 aliphatic heterocycles. The lowest BCUT2D eigenvalue weighted by Crippen LogP contribution is -2.06. The molecule has 0 unspecified atom stereocenters. The molecule has 0 aliphatic carbocycles. The Morgan fingerprint density at radius 3 is 2.10 bits per heavy atom. The highest BCUT2D eigenvalue weighted by atomic mass is 16.5. The first-order valence-electron chi connectivity index (χ1n) is 5.77.